The van der Waals surface area contributed by atoms with Gasteiger partial charge < -0.3 is 14.6 Å². The van der Waals surface area contributed by atoms with Crippen LogP contribution in [0.1, 0.15) is 26.3 Å². The molecule has 1 heterocycles. The lowest BCUT2D eigenvalue weighted by atomic mass is 9.87. The number of nitrogens with zero attached hydrogens (tertiary/aromatic N) is 2. The number of methoxy groups -OCH3 is 1. The van der Waals surface area contributed by atoms with E-state index < -0.39 is 0 Å². The number of fused-ring (bicyclic) bond motifs is 1. The number of ether oxygens (including phenoxy) is 1. The van der Waals surface area contributed by atoms with Gasteiger partial charge >= 0.3 is 0 Å². The minimum atomic E-state index is -0.0427. The van der Waals surface area contributed by atoms with Gasteiger partial charge in [0.1, 0.15) is 0 Å². The molecule has 148 valence electrons. The monoisotopic (exact) mass is 397 g/mol. The van der Waals surface area contributed by atoms with Crippen molar-refractivity contribution in [3.05, 3.63) is 54.1 Å². The van der Waals surface area contributed by atoms with Crippen molar-refractivity contribution in [2.24, 2.45) is 0 Å². The zero-order chi connectivity index (χ0) is 20.1. The number of carbonyl (C=O) groups is 1. The number of carbonyl (C=O) groups excluding carboxylic acids is 1. The van der Waals surface area contributed by atoms with Gasteiger partial charge in [0.15, 0.2) is 5.16 Å². The molecule has 0 radical (unpaired) electrons. The minimum absolute atomic E-state index is 0.0427. The number of amides is 1. The van der Waals surface area contributed by atoms with Gasteiger partial charge in [-0.15, -0.1) is 0 Å². The largest absolute Gasteiger partial charge is 0.383 e. The molecule has 5 nitrogen and oxygen atoms in total. The summed E-state index contributed by atoms with van der Waals surface area (Å²) in [6.45, 7) is 7.82. The highest BCUT2D eigenvalue weighted by atomic mass is 32.2. The first-order chi connectivity index (χ1) is 13.4. The molecular weight excluding hydrogens is 370 g/mol. The molecule has 2 aromatic carbocycles. The second-order valence-corrected chi connectivity index (χ2v) is 8.63. The number of nitrogens with one attached hydrogen (secondary N) is 1. The smallest absolute Gasteiger partial charge is 0.234 e. The molecule has 0 unspecified atom stereocenters. The Bertz CT molecular complexity index is 943. The van der Waals surface area contributed by atoms with Gasteiger partial charge in [-0.2, -0.15) is 0 Å². The predicted molar refractivity (Wildman–Crippen MR) is 116 cm³/mol. The molecule has 3 aromatic rings. The third-order valence-electron chi connectivity index (χ3n) is 4.51. The number of hydrogen-bond donors (Lipinski definition) is 1. The van der Waals surface area contributed by atoms with Crippen LogP contribution in [0, 0.1) is 0 Å². The van der Waals surface area contributed by atoms with Crippen molar-refractivity contribution in [3.8, 4) is 0 Å². The van der Waals surface area contributed by atoms with E-state index in [4.69, 9.17) is 4.74 Å². The van der Waals surface area contributed by atoms with E-state index in [9.17, 15) is 4.79 Å². The summed E-state index contributed by atoms with van der Waals surface area (Å²) in [5.74, 6) is 0.260. The number of imidazole rings is 1. The average molecular weight is 398 g/mol. The molecule has 1 N–H and O–H groups in total. The van der Waals surface area contributed by atoms with Gasteiger partial charge in [0.25, 0.3) is 0 Å². The van der Waals surface area contributed by atoms with Gasteiger partial charge in [0.2, 0.25) is 5.91 Å². The topological polar surface area (TPSA) is 56.1 Å². The number of hydrogen-bond acceptors (Lipinski definition) is 4. The van der Waals surface area contributed by atoms with E-state index in [0.29, 0.717) is 18.9 Å². The van der Waals surface area contributed by atoms with Gasteiger partial charge in [-0.25, -0.2) is 4.98 Å². The van der Waals surface area contributed by atoms with Gasteiger partial charge in [0.05, 0.1) is 23.4 Å². The van der Waals surface area contributed by atoms with Crippen LogP contribution in [-0.4, -0.2) is 34.9 Å². The highest BCUT2D eigenvalue weighted by molar-refractivity contribution is 7.99. The van der Waals surface area contributed by atoms with Gasteiger partial charge in [-0.1, -0.05) is 56.8 Å². The van der Waals surface area contributed by atoms with Gasteiger partial charge in [-0.3, -0.25) is 4.79 Å². The Morgan fingerprint density at radius 3 is 2.54 bits per heavy atom. The van der Waals surface area contributed by atoms with Crippen LogP contribution < -0.4 is 5.32 Å². The maximum absolute atomic E-state index is 12.4. The quantitative estimate of drug-likeness (QED) is 0.587. The Labute approximate surface area is 170 Å². The molecule has 0 saturated heterocycles. The number of anilines is 1. The molecule has 3 rings (SSSR count). The highest BCUT2D eigenvalue weighted by Crippen LogP contribution is 2.25. The van der Waals surface area contributed by atoms with Crippen molar-refractivity contribution in [2.75, 3.05) is 24.8 Å². The third kappa shape index (κ3) is 4.94. The molecule has 0 saturated carbocycles. The molecule has 0 aliphatic carbocycles. The fourth-order valence-corrected chi connectivity index (χ4v) is 3.78. The molecule has 0 fully saturated rings. The number of aromatic nitrogens is 2. The van der Waals surface area contributed by atoms with E-state index in [-0.39, 0.29) is 11.3 Å². The van der Waals surface area contributed by atoms with Crippen LogP contribution in [0.15, 0.2) is 53.7 Å². The van der Waals surface area contributed by atoms with Crippen molar-refractivity contribution < 1.29 is 9.53 Å². The van der Waals surface area contributed by atoms with Gasteiger partial charge in [-0.05, 0) is 35.2 Å². The minimum Gasteiger partial charge on any atom is -0.383 e. The van der Waals surface area contributed by atoms with Crippen molar-refractivity contribution >= 4 is 34.4 Å². The first-order valence-corrected chi connectivity index (χ1v) is 10.3. The fourth-order valence-electron chi connectivity index (χ4n) is 2.94. The van der Waals surface area contributed by atoms with Crippen LogP contribution in [0.4, 0.5) is 5.69 Å². The summed E-state index contributed by atoms with van der Waals surface area (Å²) in [4.78, 5) is 17.1. The molecule has 28 heavy (non-hydrogen) atoms. The van der Waals surface area contributed by atoms with Crippen LogP contribution >= 0.6 is 11.8 Å². The summed E-state index contributed by atoms with van der Waals surface area (Å²) in [6, 6.07) is 16.0. The number of para-hydroxylation sites is 2. The lowest BCUT2D eigenvalue weighted by molar-refractivity contribution is -0.113. The van der Waals surface area contributed by atoms with Crippen molar-refractivity contribution in [1.82, 2.24) is 9.55 Å². The average Bonchev–Trinajstić information content (AvgIpc) is 3.02. The molecule has 0 atom stereocenters. The Balaban J connectivity index is 1.66. The van der Waals surface area contributed by atoms with Crippen LogP contribution in [0.3, 0.4) is 0 Å². The number of benzene rings is 2. The number of thioether (sulfide) groups is 1. The molecule has 0 aliphatic heterocycles. The molecule has 0 spiro atoms. The van der Waals surface area contributed by atoms with E-state index in [2.05, 4.69) is 47.8 Å². The summed E-state index contributed by atoms with van der Waals surface area (Å²) < 4.78 is 7.33. The van der Waals surface area contributed by atoms with E-state index in [1.165, 1.54) is 17.3 Å². The summed E-state index contributed by atoms with van der Waals surface area (Å²) in [7, 11) is 1.68. The normalized spacial score (nSPS) is 11.7. The van der Waals surface area contributed by atoms with Crippen LogP contribution in [0.2, 0.25) is 0 Å². The third-order valence-corrected chi connectivity index (χ3v) is 5.48. The molecule has 6 heteroatoms. The lowest BCUT2D eigenvalue weighted by Gasteiger charge is -2.19. The standard InChI is InChI=1S/C22H27N3O2S/c1-22(2,3)16-9-11-17(12-10-16)23-20(26)15-28-21-24-18-7-5-6-8-19(18)25(21)13-14-27-4/h5-12H,13-15H2,1-4H3,(H,23,26). The predicted octanol–water partition coefficient (Wildman–Crippen LogP) is 4.71. The second kappa shape index (κ2) is 8.80. The zero-order valence-corrected chi connectivity index (χ0v) is 17.7. The fraction of sp³-hybridized carbons (Fsp3) is 0.364. The van der Waals surface area contributed by atoms with Crippen LogP contribution in [0.5, 0.6) is 0 Å². The SMILES string of the molecule is COCCn1c(SCC(=O)Nc2ccc(C(C)(C)C)cc2)nc2ccccc21. The zero-order valence-electron chi connectivity index (χ0n) is 16.9. The van der Waals surface area contributed by atoms with Crippen LogP contribution in [0.25, 0.3) is 11.0 Å². The molecule has 1 amide bonds. The van der Waals surface area contributed by atoms with E-state index in [1.807, 2.05) is 36.4 Å². The van der Waals surface area contributed by atoms with E-state index >= 15 is 0 Å². The van der Waals surface area contributed by atoms with E-state index in [1.54, 1.807) is 7.11 Å². The Hall–Kier alpha value is -2.31. The molecule has 0 aliphatic rings. The summed E-state index contributed by atoms with van der Waals surface area (Å²) in [5, 5.41) is 3.80. The van der Waals surface area contributed by atoms with Crippen molar-refractivity contribution in [2.45, 2.75) is 37.9 Å². The Kier molecular flexibility index (Phi) is 6.42. The van der Waals surface area contributed by atoms with E-state index in [0.717, 1.165) is 21.9 Å². The second-order valence-electron chi connectivity index (χ2n) is 7.69. The molecular formula is C22H27N3O2S. The van der Waals surface area contributed by atoms with Crippen molar-refractivity contribution in [1.29, 1.82) is 0 Å². The summed E-state index contributed by atoms with van der Waals surface area (Å²) in [5.41, 5.74) is 4.14. The Morgan fingerprint density at radius 2 is 1.86 bits per heavy atom. The molecule has 0 bridgehead atoms. The van der Waals surface area contributed by atoms with Gasteiger partial charge in [0, 0.05) is 19.3 Å². The highest BCUT2D eigenvalue weighted by Gasteiger charge is 2.15. The number of rotatable bonds is 7. The Morgan fingerprint density at radius 1 is 1.14 bits per heavy atom. The summed E-state index contributed by atoms with van der Waals surface area (Å²) >= 11 is 1.44. The lowest BCUT2D eigenvalue weighted by Crippen LogP contribution is -2.15. The first kappa shape index (κ1) is 20.4. The first-order valence-electron chi connectivity index (χ1n) is 9.36. The van der Waals surface area contributed by atoms with Crippen molar-refractivity contribution in [3.63, 3.8) is 0 Å². The molecule has 1 aromatic heterocycles. The maximum atomic E-state index is 12.4. The maximum Gasteiger partial charge on any atom is 0.234 e. The summed E-state index contributed by atoms with van der Waals surface area (Å²) in [6.07, 6.45) is 0. The van der Waals surface area contributed by atoms with Crippen LogP contribution in [-0.2, 0) is 21.5 Å².